The molecule has 0 radical (unpaired) electrons. The second-order valence-electron chi connectivity index (χ2n) is 3.76. The maximum absolute atomic E-state index is 11.2. The molecule has 0 saturated heterocycles. The van der Waals surface area contributed by atoms with Gasteiger partial charge in [-0.25, -0.2) is 9.79 Å². The number of nitrogens with zero attached hydrogens (tertiary/aromatic N) is 1. The second kappa shape index (κ2) is 6.93. The first-order chi connectivity index (χ1) is 8.19. The monoisotopic (exact) mass is 241 g/mol. The fraction of sp³-hybridized carbons (Fsp3) is 0.667. The molecule has 96 valence electrons. The Morgan fingerprint density at radius 2 is 2.29 bits per heavy atom. The zero-order valence-electron chi connectivity index (χ0n) is 10.3. The van der Waals surface area contributed by atoms with Crippen molar-refractivity contribution in [3.05, 3.63) is 12.2 Å². The highest BCUT2D eigenvalue weighted by atomic mass is 16.7. The van der Waals surface area contributed by atoms with Gasteiger partial charge in [0.2, 0.25) is 6.23 Å². The molecule has 0 fully saturated rings. The van der Waals surface area contributed by atoms with Crippen LogP contribution in [-0.2, 0) is 14.2 Å². The maximum atomic E-state index is 11.2. The first-order valence-electron chi connectivity index (χ1n) is 5.87. The van der Waals surface area contributed by atoms with Gasteiger partial charge in [0.15, 0.2) is 12.5 Å². The van der Waals surface area contributed by atoms with Gasteiger partial charge in [0, 0.05) is 0 Å². The molecule has 2 unspecified atom stereocenters. The Labute approximate surface area is 101 Å². The van der Waals surface area contributed by atoms with E-state index in [4.69, 9.17) is 14.2 Å². The van der Waals surface area contributed by atoms with Crippen LogP contribution < -0.4 is 0 Å². The largest absolute Gasteiger partial charge is 0.510 e. The van der Waals surface area contributed by atoms with Crippen molar-refractivity contribution >= 4 is 12.6 Å². The molecule has 0 aliphatic carbocycles. The summed E-state index contributed by atoms with van der Waals surface area (Å²) >= 11 is 0. The molecule has 0 amide bonds. The quantitative estimate of drug-likeness (QED) is 0.530. The Kier molecular flexibility index (Phi) is 5.52. The van der Waals surface area contributed by atoms with E-state index in [1.807, 2.05) is 0 Å². The van der Waals surface area contributed by atoms with Gasteiger partial charge >= 0.3 is 6.16 Å². The lowest BCUT2D eigenvalue weighted by atomic mass is 10.0. The zero-order chi connectivity index (χ0) is 12.7. The molecule has 5 nitrogen and oxygen atoms in total. The fourth-order valence-corrected chi connectivity index (χ4v) is 1.49. The summed E-state index contributed by atoms with van der Waals surface area (Å²) in [6, 6.07) is 0. The van der Waals surface area contributed by atoms with Crippen LogP contribution in [0.3, 0.4) is 0 Å². The van der Waals surface area contributed by atoms with Crippen molar-refractivity contribution < 1.29 is 19.0 Å². The minimum atomic E-state index is -0.728. The minimum absolute atomic E-state index is 0.275. The van der Waals surface area contributed by atoms with Crippen LogP contribution in [-0.4, -0.2) is 31.5 Å². The molecule has 1 heterocycles. The van der Waals surface area contributed by atoms with Gasteiger partial charge in [0.25, 0.3) is 0 Å². The van der Waals surface area contributed by atoms with E-state index < -0.39 is 12.4 Å². The average Bonchev–Trinajstić information content (AvgIpc) is 2.74. The Morgan fingerprint density at radius 3 is 2.94 bits per heavy atom. The Balaban J connectivity index is 2.45. The molecule has 0 aromatic rings. The Hall–Kier alpha value is -1.52. The predicted octanol–water partition coefficient (Wildman–Crippen LogP) is 2.66. The zero-order valence-corrected chi connectivity index (χ0v) is 10.3. The van der Waals surface area contributed by atoms with E-state index >= 15 is 0 Å². The van der Waals surface area contributed by atoms with Gasteiger partial charge in [-0.15, -0.1) is 0 Å². The maximum Gasteiger partial charge on any atom is 0.510 e. The number of carbonyl (C=O) groups excluding carboxylic acids is 1. The van der Waals surface area contributed by atoms with Crippen LogP contribution in [0.5, 0.6) is 0 Å². The van der Waals surface area contributed by atoms with E-state index in [-0.39, 0.29) is 12.7 Å². The molecule has 0 aromatic carbocycles. The minimum Gasteiger partial charge on any atom is -0.470 e. The average molecular weight is 241 g/mol. The van der Waals surface area contributed by atoms with Crippen LogP contribution in [0.25, 0.3) is 0 Å². The van der Waals surface area contributed by atoms with Crippen LogP contribution in [0.1, 0.15) is 33.1 Å². The van der Waals surface area contributed by atoms with Crippen molar-refractivity contribution in [3.63, 3.8) is 0 Å². The van der Waals surface area contributed by atoms with Gasteiger partial charge in [0.05, 0.1) is 6.61 Å². The lowest BCUT2D eigenvalue weighted by Crippen LogP contribution is -2.29. The van der Waals surface area contributed by atoms with Crippen LogP contribution in [0.15, 0.2) is 17.1 Å². The van der Waals surface area contributed by atoms with Crippen molar-refractivity contribution in [3.8, 4) is 0 Å². The van der Waals surface area contributed by atoms with Crippen LogP contribution in [0.4, 0.5) is 4.79 Å². The highest BCUT2D eigenvalue weighted by Crippen LogP contribution is 2.22. The third-order valence-electron chi connectivity index (χ3n) is 2.41. The summed E-state index contributed by atoms with van der Waals surface area (Å²) in [4.78, 5) is 15.1. The number of hydrogen-bond donors (Lipinski definition) is 0. The Morgan fingerprint density at radius 1 is 1.53 bits per heavy atom. The van der Waals surface area contributed by atoms with Crippen molar-refractivity contribution in [1.82, 2.24) is 0 Å². The third-order valence-corrected chi connectivity index (χ3v) is 2.41. The predicted molar refractivity (Wildman–Crippen MR) is 63.9 cm³/mol. The number of unbranched alkanes of at least 4 members (excludes halogenated alkanes) is 1. The standard InChI is InChI=1S/C12H19NO4/c1-4-6-7-9(3)10-11(13-8-16-10)17-12(14)15-5-2/h8,10-11H,3-7H2,1-2H3. The molecule has 0 aromatic heterocycles. The first-order valence-corrected chi connectivity index (χ1v) is 5.87. The van der Waals surface area contributed by atoms with Crippen LogP contribution in [0.2, 0.25) is 0 Å². The summed E-state index contributed by atoms with van der Waals surface area (Å²) in [5.74, 6) is 0. The van der Waals surface area contributed by atoms with E-state index in [1.54, 1.807) is 6.92 Å². The fourth-order valence-electron chi connectivity index (χ4n) is 1.49. The summed E-state index contributed by atoms with van der Waals surface area (Å²) in [6.45, 7) is 8.03. The molecule has 17 heavy (non-hydrogen) atoms. The molecular formula is C12H19NO4. The van der Waals surface area contributed by atoms with Crippen molar-refractivity contribution in [2.45, 2.75) is 45.4 Å². The molecular weight excluding hydrogens is 222 g/mol. The number of aliphatic imine (C=N–C) groups is 1. The molecule has 1 rings (SSSR count). The van der Waals surface area contributed by atoms with Gasteiger partial charge in [-0.05, 0) is 25.3 Å². The molecule has 0 saturated carbocycles. The van der Waals surface area contributed by atoms with Crippen molar-refractivity contribution in [2.75, 3.05) is 6.61 Å². The Bertz CT molecular complexity index is 301. The molecule has 0 N–H and O–H groups in total. The van der Waals surface area contributed by atoms with E-state index in [0.29, 0.717) is 0 Å². The van der Waals surface area contributed by atoms with Crippen molar-refractivity contribution in [1.29, 1.82) is 0 Å². The van der Waals surface area contributed by atoms with Gasteiger partial charge in [0.1, 0.15) is 0 Å². The molecule has 1 aliphatic rings. The van der Waals surface area contributed by atoms with E-state index in [2.05, 4.69) is 18.5 Å². The topological polar surface area (TPSA) is 57.1 Å². The summed E-state index contributed by atoms with van der Waals surface area (Å²) < 4.78 is 15.0. The SMILES string of the molecule is C=C(CCCC)C1OC=NC1OC(=O)OCC. The molecule has 5 heteroatoms. The lowest BCUT2D eigenvalue weighted by molar-refractivity contribution is 0.00324. The smallest absolute Gasteiger partial charge is 0.470 e. The number of rotatable bonds is 6. The highest BCUT2D eigenvalue weighted by Gasteiger charge is 2.32. The number of ether oxygens (including phenoxy) is 3. The summed E-state index contributed by atoms with van der Waals surface area (Å²) in [5, 5.41) is 0. The number of carbonyl (C=O) groups is 1. The van der Waals surface area contributed by atoms with E-state index in [9.17, 15) is 4.79 Å². The van der Waals surface area contributed by atoms with Gasteiger partial charge in [-0.1, -0.05) is 19.9 Å². The second-order valence-corrected chi connectivity index (χ2v) is 3.76. The highest BCUT2D eigenvalue weighted by molar-refractivity contribution is 5.61. The first kappa shape index (κ1) is 13.5. The molecule has 1 aliphatic heterocycles. The van der Waals surface area contributed by atoms with Crippen LogP contribution in [0, 0.1) is 0 Å². The summed E-state index contributed by atoms with van der Waals surface area (Å²) in [6.07, 6.45) is 2.47. The van der Waals surface area contributed by atoms with Gasteiger partial charge < -0.3 is 14.2 Å². The van der Waals surface area contributed by atoms with Crippen LogP contribution >= 0.6 is 0 Å². The third kappa shape index (κ3) is 4.09. The van der Waals surface area contributed by atoms with E-state index in [0.717, 1.165) is 24.8 Å². The van der Waals surface area contributed by atoms with Crippen molar-refractivity contribution in [2.24, 2.45) is 4.99 Å². The summed E-state index contributed by atoms with van der Waals surface area (Å²) in [5.41, 5.74) is 0.888. The molecule has 0 spiro atoms. The van der Waals surface area contributed by atoms with Gasteiger partial charge in [-0.3, -0.25) is 0 Å². The summed E-state index contributed by atoms with van der Waals surface area (Å²) in [7, 11) is 0. The molecule has 0 bridgehead atoms. The molecule has 2 atom stereocenters. The number of hydrogen-bond acceptors (Lipinski definition) is 5. The lowest BCUT2D eigenvalue weighted by Gasteiger charge is -2.19. The van der Waals surface area contributed by atoms with E-state index in [1.165, 1.54) is 6.40 Å². The normalized spacial score (nSPS) is 22.0. The van der Waals surface area contributed by atoms with Gasteiger partial charge in [-0.2, -0.15) is 0 Å².